The summed E-state index contributed by atoms with van der Waals surface area (Å²) in [4.78, 5) is 16.5. The molecule has 8 nitrogen and oxygen atoms in total. The highest BCUT2D eigenvalue weighted by Crippen LogP contribution is 2.26. The molecular formula is C21H19N5O3S. The summed E-state index contributed by atoms with van der Waals surface area (Å²) < 4.78 is 12.7. The Hall–Kier alpha value is -3.59. The molecule has 152 valence electrons. The lowest BCUT2D eigenvalue weighted by atomic mass is 10.2. The molecule has 3 aromatic heterocycles. The molecule has 9 heteroatoms. The van der Waals surface area contributed by atoms with E-state index < -0.39 is 0 Å². The van der Waals surface area contributed by atoms with E-state index in [4.69, 9.17) is 9.15 Å². The fourth-order valence-corrected chi connectivity index (χ4v) is 3.61. The Bertz CT molecular complexity index is 1110. The zero-order chi connectivity index (χ0) is 20.8. The first-order valence-corrected chi connectivity index (χ1v) is 10.1. The molecule has 0 aliphatic rings. The fourth-order valence-electron chi connectivity index (χ4n) is 2.88. The van der Waals surface area contributed by atoms with E-state index in [1.807, 2.05) is 41.0 Å². The van der Waals surface area contributed by atoms with Crippen LogP contribution in [-0.4, -0.2) is 38.5 Å². The van der Waals surface area contributed by atoms with Gasteiger partial charge >= 0.3 is 0 Å². The second-order valence-electron chi connectivity index (χ2n) is 6.24. The molecule has 0 unspecified atom stereocenters. The lowest BCUT2D eigenvalue weighted by Gasteiger charge is -2.10. The van der Waals surface area contributed by atoms with Crippen LogP contribution in [0.5, 0.6) is 5.75 Å². The van der Waals surface area contributed by atoms with Crippen LogP contribution in [0.4, 0.5) is 5.69 Å². The maximum absolute atomic E-state index is 12.5. The zero-order valence-corrected chi connectivity index (χ0v) is 17.0. The summed E-state index contributed by atoms with van der Waals surface area (Å²) in [5, 5.41) is 12.1. The van der Waals surface area contributed by atoms with Crippen LogP contribution in [0.2, 0.25) is 0 Å². The van der Waals surface area contributed by atoms with E-state index in [-0.39, 0.29) is 11.7 Å². The van der Waals surface area contributed by atoms with Crippen molar-refractivity contribution >= 4 is 23.4 Å². The SMILES string of the molecule is COc1ccccc1NC(=O)CSc1nnc(-c2ccncc2)n1Cc1ccco1. The van der Waals surface area contributed by atoms with Crippen molar-refractivity contribution in [3.63, 3.8) is 0 Å². The van der Waals surface area contributed by atoms with Crippen molar-refractivity contribution in [2.75, 3.05) is 18.2 Å². The number of nitrogens with zero attached hydrogens (tertiary/aromatic N) is 4. The fraction of sp³-hybridized carbons (Fsp3) is 0.143. The summed E-state index contributed by atoms with van der Waals surface area (Å²) in [6.45, 7) is 0.452. The van der Waals surface area contributed by atoms with Gasteiger partial charge in [-0.1, -0.05) is 23.9 Å². The van der Waals surface area contributed by atoms with Crippen molar-refractivity contribution in [2.45, 2.75) is 11.7 Å². The van der Waals surface area contributed by atoms with Crippen LogP contribution in [-0.2, 0) is 11.3 Å². The van der Waals surface area contributed by atoms with Gasteiger partial charge in [0.25, 0.3) is 0 Å². The van der Waals surface area contributed by atoms with Crippen molar-refractivity contribution < 1.29 is 13.9 Å². The molecule has 0 bridgehead atoms. The first-order chi connectivity index (χ1) is 14.7. The highest BCUT2D eigenvalue weighted by atomic mass is 32.2. The van der Waals surface area contributed by atoms with Crippen molar-refractivity contribution in [1.82, 2.24) is 19.7 Å². The number of furan rings is 1. The molecule has 0 fully saturated rings. The van der Waals surface area contributed by atoms with Gasteiger partial charge in [-0.05, 0) is 36.4 Å². The lowest BCUT2D eigenvalue weighted by molar-refractivity contribution is -0.113. The summed E-state index contributed by atoms with van der Waals surface area (Å²) in [5.41, 5.74) is 1.51. The minimum Gasteiger partial charge on any atom is -0.495 e. The highest BCUT2D eigenvalue weighted by molar-refractivity contribution is 7.99. The maximum atomic E-state index is 12.5. The predicted octanol–water partition coefficient (Wildman–Crippen LogP) is 3.72. The smallest absolute Gasteiger partial charge is 0.234 e. The first kappa shape index (κ1) is 19.7. The molecule has 0 atom stereocenters. The molecule has 0 aliphatic heterocycles. The third kappa shape index (κ3) is 4.52. The van der Waals surface area contributed by atoms with E-state index >= 15 is 0 Å². The topological polar surface area (TPSA) is 95.1 Å². The third-order valence-corrected chi connectivity index (χ3v) is 5.23. The Balaban J connectivity index is 1.52. The van der Waals surface area contributed by atoms with Gasteiger partial charge in [0.15, 0.2) is 11.0 Å². The Morgan fingerprint density at radius 1 is 1.13 bits per heavy atom. The number of anilines is 1. The largest absolute Gasteiger partial charge is 0.495 e. The monoisotopic (exact) mass is 421 g/mol. The van der Waals surface area contributed by atoms with Crippen molar-refractivity contribution in [2.24, 2.45) is 0 Å². The number of rotatable bonds is 8. The van der Waals surface area contributed by atoms with E-state index in [2.05, 4.69) is 20.5 Å². The van der Waals surface area contributed by atoms with E-state index in [9.17, 15) is 4.79 Å². The predicted molar refractivity (Wildman–Crippen MR) is 113 cm³/mol. The van der Waals surface area contributed by atoms with Gasteiger partial charge in [0.05, 0.1) is 31.4 Å². The number of thioether (sulfide) groups is 1. The molecule has 1 N–H and O–H groups in total. The Kier molecular flexibility index (Phi) is 6.09. The molecule has 4 rings (SSSR count). The Morgan fingerprint density at radius 3 is 2.73 bits per heavy atom. The second kappa shape index (κ2) is 9.27. The summed E-state index contributed by atoms with van der Waals surface area (Å²) in [7, 11) is 1.57. The number of ether oxygens (including phenoxy) is 1. The second-order valence-corrected chi connectivity index (χ2v) is 7.19. The van der Waals surface area contributed by atoms with Gasteiger partial charge in [-0.25, -0.2) is 0 Å². The van der Waals surface area contributed by atoms with Gasteiger partial charge in [-0.3, -0.25) is 14.3 Å². The van der Waals surface area contributed by atoms with Gasteiger partial charge in [-0.15, -0.1) is 10.2 Å². The molecule has 0 radical (unpaired) electrons. The molecule has 3 heterocycles. The van der Waals surface area contributed by atoms with E-state index in [1.165, 1.54) is 11.8 Å². The number of pyridine rings is 1. The van der Waals surface area contributed by atoms with Crippen LogP contribution in [0, 0.1) is 0 Å². The quantitative estimate of drug-likeness (QED) is 0.433. The average Bonchev–Trinajstić information content (AvgIpc) is 3.44. The number of aromatic nitrogens is 4. The van der Waals surface area contributed by atoms with Crippen molar-refractivity contribution in [3.8, 4) is 17.1 Å². The van der Waals surface area contributed by atoms with E-state index in [0.29, 0.717) is 29.0 Å². The lowest BCUT2D eigenvalue weighted by Crippen LogP contribution is -2.15. The Morgan fingerprint density at radius 2 is 1.97 bits per heavy atom. The average molecular weight is 421 g/mol. The van der Waals surface area contributed by atoms with Gasteiger partial charge in [0, 0.05) is 18.0 Å². The molecule has 1 aromatic carbocycles. The molecule has 0 aliphatic carbocycles. The van der Waals surface area contributed by atoms with Crippen LogP contribution in [0.25, 0.3) is 11.4 Å². The zero-order valence-electron chi connectivity index (χ0n) is 16.2. The van der Waals surface area contributed by atoms with Crippen LogP contribution in [0.15, 0.2) is 76.8 Å². The van der Waals surface area contributed by atoms with Crippen LogP contribution in [0.1, 0.15) is 5.76 Å². The number of para-hydroxylation sites is 2. The highest BCUT2D eigenvalue weighted by Gasteiger charge is 2.17. The molecule has 0 spiro atoms. The number of hydrogen-bond acceptors (Lipinski definition) is 7. The van der Waals surface area contributed by atoms with Crippen molar-refractivity contribution in [1.29, 1.82) is 0 Å². The number of methoxy groups -OCH3 is 1. The molecule has 4 aromatic rings. The first-order valence-electron chi connectivity index (χ1n) is 9.16. The van der Waals surface area contributed by atoms with Crippen LogP contribution < -0.4 is 10.1 Å². The number of amides is 1. The third-order valence-electron chi connectivity index (χ3n) is 4.26. The number of nitrogens with one attached hydrogen (secondary N) is 1. The summed E-state index contributed by atoms with van der Waals surface area (Å²) in [6, 6.07) is 14.7. The standard InChI is InChI=1S/C21H19N5O3S/c1-28-18-7-3-2-6-17(18)23-19(27)14-30-21-25-24-20(15-8-10-22-11-9-15)26(21)13-16-5-4-12-29-16/h2-12H,13-14H2,1H3,(H,23,27). The van der Waals surface area contributed by atoms with Gasteiger partial charge < -0.3 is 14.5 Å². The summed E-state index contributed by atoms with van der Waals surface area (Å²) >= 11 is 1.30. The molecule has 0 saturated carbocycles. The van der Waals surface area contributed by atoms with E-state index in [1.54, 1.807) is 37.9 Å². The number of hydrogen-bond donors (Lipinski definition) is 1. The van der Waals surface area contributed by atoms with Gasteiger partial charge in [0.2, 0.25) is 5.91 Å². The molecule has 0 saturated heterocycles. The van der Waals surface area contributed by atoms with Gasteiger partial charge in [-0.2, -0.15) is 0 Å². The number of carbonyl (C=O) groups is 1. The van der Waals surface area contributed by atoms with Crippen LogP contribution in [0.3, 0.4) is 0 Å². The molecule has 30 heavy (non-hydrogen) atoms. The van der Waals surface area contributed by atoms with Gasteiger partial charge in [0.1, 0.15) is 11.5 Å². The normalized spacial score (nSPS) is 10.7. The van der Waals surface area contributed by atoms with Crippen LogP contribution >= 0.6 is 11.8 Å². The number of benzene rings is 1. The number of carbonyl (C=O) groups excluding carboxylic acids is 1. The summed E-state index contributed by atoms with van der Waals surface area (Å²) in [6.07, 6.45) is 5.03. The molecule has 1 amide bonds. The van der Waals surface area contributed by atoms with Crippen molar-refractivity contribution in [3.05, 3.63) is 72.9 Å². The minimum absolute atomic E-state index is 0.164. The van der Waals surface area contributed by atoms with E-state index in [0.717, 1.165) is 11.3 Å². The Labute approximate surface area is 177 Å². The summed E-state index contributed by atoms with van der Waals surface area (Å²) in [5.74, 6) is 2.07. The maximum Gasteiger partial charge on any atom is 0.234 e. The molecular weight excluding hydrogens is 402 g/mol. The minimum atomic E-state index is -0.164.